The average molecular weight is 344 g/mol. The zero-order valence-corrected chi connectivity index (χ0v) is 14.0. The first-order valence-electron chi connectivity index (χ1n) is 7.66. The summed E-state index contributed by atoms with van der Waals surface area (Å²) in [7, 11) is 0. The lowest BCUT2D eigenvalue weighted by Gasteiger charge is -2.13. The number of halogens is 1. The van der Waals surface area contributed by atoms with E-state index in [0.717, 1.165) is 0 Å². The van der Waals surface area contributed by atoms with E-state index in [1.54, 1.807) is 19.9 Å². The third-order valence-electron chi connectivity index (χ3n) is 3.61. The molecular weight excluding hydrogens is 327 g/mol. The molecule has 7 nitrogen and oxygen atoms in total. The Kier molecular flexibility index (Phi) is 4.51. The lowest BCUT2D eigenvalue weighted by atomic mass is 10.2. The molecule has 0 aliphatic rings. The van der Waals surface area contributed by atoms with E-state index in [4.69, 9.17) is 8.94 Å². The summed E-state index contributed by atoms with van der Waals surface area (Å²) in [5.41, 5.74) is 1.01. The Morgan fingerprint density at radius 2 is 2.08 bits per heavy atom. The van der Waals surface area contributed by atoms with Crippen molar-refractivity contribution < 1.29 is 18.1 Å². The van der Waals surface area contributed by atoms with Crippen molar-refractivity contribution >= 4 is 17.3 Å². The second-order valence-corrected chi connectivity index (χ2v) is 5.59. The van der Waals surface area contributed by atoms with Gasteiger partial charge in [-0.15, -0.1) is 0 Å². The van der Waals surface area contributed by atoms with Gasteiger partial charge in [-0.2, -0.15) is 4.98 Å². The predicted molar refractivity (Wildman–Crippen MR) is 88.9 cm³/mol. The quantitative estimate of drug-likeness (QED) is 0.730. The molecule has 0 fully saturated rings. The van der Waals surface area contributed by atoms with Gasteiger partial charge in [-0.1, -0.05) is 5.16 Å². The van der Waals surface area contributed by atoms with E-state index in [9.17, 15) is 9.18 Å². The maximum Gasteiger partial charge on any atom is 0.259 e. The smallest absolute Gasteiger partial charge is 0.259 e. The molecule has 0 spiro atoms. The van der Waals surface area contributed by atoms with Crippen LogP contribution in [-0.2, 0) is 0 Å². The van der Waals surface area contributed by atoms with Gasteiger partial charge in [0.25, 0.3) is 5.91 Å². The summed E-state index contributed by atoms with van der Waals surface area (Å²) in [5.74, 6) is 0.435. The van der Waals surface area contributed by atoms with Gasteiger partial charge in [0.1, 0.15) is 17.6 Å². The van der Waals surface area contributed by atoms with Gasteiger partial charge in [0, 0.05) is 5.69 Å². The molecule has 3 aromatic rings. The van der Waals surface area contributed by atoms with Crippen molar-refractivity contribution in [3.05, 3.63) is 59.4 Å². The molecule has 8 heteroatoms. The Hall–Kier alpha value is -3.16. The van der Waals surface area contributed by atoms with Crippen LogP contribution in [0.25, 0.3) is 0 Å². The van der Waals surface area contributed by atoms with Crippen LogP contribution in [0.5, 0.6) is 0 Å². The minimum absolute atomic E-state index is 0.0597. The maximum atomic E-state index is 14.0. The molecule has 2 aromatic heterocycles. The zero-order chi connectivity index (χ0) is 18.0. The Bertz CT molecular complexity index is 903. The topological polar surface area (TPSA) is 93.2 Å². The number of nitrogens with zero attached hydrogens (tertiary/aromatic N) is 2. The number of carbonyl (C=O) groups excluding carboxylic acids is 1. The number of hydrogen-bond donors (Lipinski definition) is 2. The highest BCUT2D eigenvalue weighted by Gasteiger charge is 2.16. The molecule has 1 atom stereocenters. The molecule has 0 bridgehead atoms. The van der Waals surface area contributed by atoms with Crippen LogP contribution >= 0.6 is 0 Å². The van der Waals surface area contributed by atoms with Gasteiger partial charge < -0.3 is 19.6 Å². The van der Waals surface area contributed by atoms with Crippen molar-refractivity contribution in [3.63, 3.8) is 0 Å². The second kappa shape index (κ2) is 6.76. The van der Waals surface area contributed by atoms with Crippen molar-refractivity contribution in [1.82, 2.24) is 10.1 Å². The lowest BCUT2D eigenvalue weighted by molar-refractivity contribution is 0.102. The first-order valence-corrected chi connectivity index (χ1v) is 7.66. The third-order valence-corrected chi connectivity index (χ3v) is 3.61. The zero-order valence-electron chi connectivity index (χ0n) is 14.0. The Morgan fingerprint density at radius 1 is 1.28 bits per heavy atom. The van der Waals surface area contributed by atoms with Crippen LogP contribution in [0.15, 0.2) is 39.5 Å². The largest absolute Gasteiger partial charge is 0.469 e. The number of nitrogens with one attached hydrogen (secondary N) is 2. The normalized spacial score (nSPS) is 12.0. The molecular formula is C17H17FN4O3. The number of hydrogen-bond acceptors (Lipinski definition) is 6. The standard InChI is InChI=1S/C17H17FN4O3/c1-9(17-20-11(3)22-25-17)19-12-4-5-14(18)15(8-12)21-16(23)13-6-7-24-10(13)2/h4-9,19H,1-3H3,(H,21,23)/t9-/m0/s1. The van der Waals surface area contributed by atoms with E-state index in [0.29, 0.717) is 28.7 Å². The molecule has 0 saturated carbocycles. The molecule has 130 valence electrons. The number of rotatable bonds is 5. The minimum Gasteiger partial charge on any atom is -0.469 e. The summed E-state index contributed by atoms with van der Waals surface area (Å²) in [5, 5.41) is 9.41. The van der Waals surface area contributed by atoms with Crippen LogP contribution in [0, 0.1) is 19.7 Å². The SMILES string of the molecule is Cc1noc([C@H](C)Nc2ccc(F)c(NC(=O)c3ccoc3C)c2)n1. The number of amides is 1. The molecule has 1 aromatic carbocycles. The van der Waals surface area contributed by atoms with Crippen LogP contribution in [0.2, 0.25) is 0 Å². The van der Waals surface area contributed by atoms with Gasteiger partial charge in [0.05, 0.1) is 17.5 Å². The van der Waals surface area contributed by atoms with E-state index in [-0.39, 0.29) is 11.7 Å². The Balaban J connectivity index is 1.76. The van der Waals surface area contributed by atoms with E-state index < -0.39 is 11.7 Å². The highest BCUT2D eigenvalue weighted by Crippen LogP contribution is 2.24. The van der Waals surface area contributed by atoms with Crippen molar-refractivity contribution in [2.75, 3.05) is 10.6 Å². The van der Waals surface area contributed by atoms with E-state index in [2.05, 4.69) is 20.8 Å². The highest BCUT2D eigenvalue weighted by atomic mass is 19.1. The van der Waals surface area contributed by atoms with E-state index >= 15 is 0 Å². The fourth-order valence-corrected chi connectivity index (χ4v) is 2.32. The van der Waals surface area contributed by atoms with E-state index in [1.807, 2.05) is 6.92 Å². The minimum atomic E-state index is -0.540. The number of furan rings is 1. The van der Waals surface area contributed by atoms with Gasteiger partial charge in [0.2, 0.25) is 5.89 Å². The van der Waals surface area contributed by atoms with Gasteiger partial charge in [0.15, 0.2) is 5.82 Å². The van der Waals surface area contributed by atoms with Gasteiger partial charge in [-0.05, 0) is 45.0 Å². The first-order chi connectivity index (χ1) is 11.9. The first kappa shape index (κ1) is 16.7. The number of aryl methyl sites for hydroxylation is 2. The van der Waals surface area contributed by atoms with Crippen molar-refractivity contribution in [2.24, 2.45) is 0 Å². The molecule has 2 heterocycles. The fraction of sp³-hybridized carbons (Fsp3) is 0.235. The molecule has 25 heavy (non-hydrogen) atoms. The third kappa shape index (κ3) is 3.68. The average Bonchev–Trinajstić information content (AvgIpc) is 3.19. The van der Waals surface area contributed by atoms with Crippen LogP contribution in [-0.4, -0.2) is 16.0 Å². The van der Waals surface area contributed by atoms with Crippen LogP contribution < -0.4 is 10.6 Å². The molecule has 0 radical (unpaired) electrons. The van der Waals surface area contributed by atoms with Crippen LogP contribution in [0.4, 0.5) is 15.8 Å². The van der Waals surface area contributed by atoms with Gasteiger partial charge >= 0.3 is 0 Å². The summed E-state index contributed by atoms with van der Waals surface area (Å²) >= 11 is 0. The second-order valence-electron chi connectivity index (χ2n) is 5.59. The number of anilines is 2. The lowest BCUT2D eigenvalue weighted by Crippen LogP contribution is -2.14. The molecule has 2 N–H and O–H groups in total. The maximum absolute atomic E-state index is 14.0. The molecule has 3 rings (SSSR count). The van der Waals surface area contributed by atoms with Crippen LogP contribution in [0.3, 0.4) is 0 Å². The monoisotopic (exact) mass is 344 g/mol. The Morgan fingerprint density at radius 3 is 2.72 bits per heavy atom. The number of benzene rings is 1. The van der Waals surface area contributed by atoms with Gasteiger partial charge in [-0.3, -0.25) is 4.79 Å². The van der Waals surface area contributed by atoms with Gasteiger partial charge in [-0.25, -0.2) is 4.39 Å². The fourth-order valence-electron chi connectivity index (χ4n) is 2.32. The molecule has 0 unspecified atom stereocenters. The molecule has 0 aliphatic carbocycles. The Labute approximate surface area is 143 Å². The predicted octanol–water partition coefficient (Wildman–Crippen LogP) is 3.84. The van der Waals surface area contributed by atoms with Crippen molar-refractivity contribution in [1.29, 1.82) is 0 Å². The molecule has 0 aliphatic heterocycles. The summed E-state index contributed by atoms with van der Waals surface area (Å²) in [4.78, 5) is 16.4. The number of aromatic nitrogens is 2. The van der Waals surface area contributed by atoms with Crippen molar-refractivity contribution in [2.45, 2.75) is 26.8 Å². The number of carbonyl (C=O) groups is 1. The van der Waals surface area contributed by atoms with E-state index in [1.165, 1.54) is 24.5 Å². The molecule has 1 amide bonds. The van der Waals surface area contributed by atoms with Crippen LogP contribution in [0.1, 0.15) is 40.8 Å². The highest BCUT2D eigenvalue weighted by molar-refractivity contribution is 6.05. The summed E-state index contributed by atoms with van der Waals surface area (Å²) in [6.07, 6.45) is 1.41. The molecule has 0 saturated heterocycles. The van der Waals surface area contributed by atoms with Crippen molar-refractivity contribution in [3.8, 4) is 0 Å². The summed E-state index contributed by atoms with van der Waals surface area (Å²) in [6.45, 7) is 5.23. The summed E-state index contributed by atoms with van der Waals surface area (Å²) < 4.78 is 24.2. The summed E-state index contributed by atoms with van der Waals surface area (Å²) in [6, 6.07) is 5.60.